The third kappa shape index (κ3) is 5.46. The number of carbonyl (C=O) groups is 2. The summed E-state index contributed by atoms with van der Waals surface area (Å²) in [5, 5.41) is 11.5. The molecule has 0 saturated heterocycles. The predicted octanol–water partition coefficient (Wildman–Crippen LogP) is 3.53. The number of hydrogen-bond acceptors (Lipinski definition) is 6. The predicted molar refractivity (Wildman–Crippen MR) is 125 cm³/mol. The van der Waals surface area contributed by atoms with Gasteiger partial charge in [0.2, 0.25) is 0 Å². The molecule has 0 bridgehead atoms. The summed E-state index contributed by atoms with van der Waals surface area (Å²) in [5.74, 6) is -0.320. The Morgan fingerprint density at radius 1 is 0.912 bits per heavy atom. The van der Waals surface area contributed by atoms with E-state index in [1.54, 1.807) is 42.5 Å². The lowest BCUT2D eigenvalue weighted by atomic mass is 10.1. The highest BCUT2D eigenvalue weighted by Crippen LogP contribution is 2.33. The van der Waals surface area contributed by atoms with Crippen LogP contribution < -0.4 is 19.5 Å². The Balaban J connectivity index is 1.50. The molecule has 3 N–H and O–H groups in total. The first-order chi connectivity index (χ1) is 16.3. The zero-order chi connectivity index (χ0) is 24.1. The summed E-state index contributed by atoms with van der Waals surface area (Å²) in [4.78, 5) is 23.6. The number of rotatable bonds is 8. The van der Waals surface area contributed by atoms with Gasteiger partial charge in [-0.3, -0.25) is 14.3 Å². The second-order valence-corrected chi connectivity index (χ2v) is 9.18. The second kappa shape index (κ2) is 9.84. The van der Waals surface area contributed by atoms with Crippen molar-refractivity contribution in [3.05, 3.63) is 77.9 Å². The fraction of sp³-hybridized carbons (Fsp3) is 0.167. The zero-order valence-electron chi connectivity index (χ0n) is 18.0. The Labute approximate surface area is 196 Å². The van der Waals surface area contributed by atoms with Crippen LogP contribution in [-0.2, 0) is 21.2 Å². The highest BCUT2D eigenvalue weighted by Gasteiger charge is 2.20. The molecule has 34 heavy (non-hydrogen) atoms. The molecule has 0 radical (unpaired) electrons. The van der Waals surface area contributed by atoms with Gasteiger partial charge in [0.05, 0.1) is 16.1 Å². The molecule has 9 nitrogen and oxygen atoms in total. The van der Waals surface area contributed by atoms with Crippen LogP contribution in [0.4, 0.5) is 11.4 Å². The highest BCUT2D eigenvalue weighted by atomic mass is 32.2. The van der Waals surface area contributed by atoms with Crippen molar-refractivity contribution in [2.75, 3.05) is 23.3 Å². The number of benzene rings is 3. The number of nitrogens with one attached hydrogen (secondary N) is 2. The van der Waals surface area contributed by atoms with Crippen molar-refractivity contribution in [3.63, 3.8) is 0 Å². The Morgan fingerprint density at radius 3 is 2.35 bits per heavy atom. The SMILES string of the molecule is O=C(O)CCc1ccc(S(=O)(=O)Nc2ccccc2C(=O)Nc2ccc3c(c2)OCCO3)cc1. The topological polar surface area (TPSA) is 131 Å². The number of aryl methyl sites for hydroxylation is 1. The lowest BCUT2D eigenvalue weighted by molar-refractivity contribution is -0.136. The van der Waals surface area contributed by atoms with Crippen molar-refractivity contribution in [1.82, 2.24) is 0 Å². The maximum atomic E-state index is 12.9. The normalized spacial score (nSPS) is 12.6. The Kier molecular flexibility index (Phi) is 6.69. The van der Waals surface area contributed by atoms with Crippen molar-refractivity contribution in [2.45, 2.75) is 17.7 Å². The van der Waals surface area contributed by atoms with Crippen molar-refractivity contribution < 1.29 is 32.6 Å². The standard InChI is InChI=1S/C24H22N2O7S/c27-23(28)12-7-16-5-9-18(10-6-16)34(30,31)26-20-4-2-1-3-19(20)24(29)25-17-8-11-21-22(15-17)33-14-13-32-21/h1-6,8-11,15,26H,7,12-14H2,(H,25,29)(H,27,28). The van der Waals surface area contributed by atoms with Crippen LogP contribution in [-0.4, -0.2) is 38.6 Å². The second-order valence-electron chi connectivity index (χ2n) is 7.50. The summed E-state index contributed by atoms with van der Waals surface area (Å²) < 4.78 is 39.3. The summed E-state index contributed by atoms with van der Waals surface area (Å²) in [5.41, 5.74) is 1.44. The molecule has 4 rings (SSSR count). The number of anilines is 2. The summed E-state index contributed by atoms with van der Waals surface area (Å²) in [6.45, 7) is 0.868. The third-order valence-corrected chi connectivity index (χ3v) is 6.46. The molecule has 3 aromatic rings. The summed E-state index contributed by atoms with van der Waals surface area (Å²) >= 11 is 0. The van der Waals surface area contributed by atoms with Crippen LogP contribution in [0, 0.1) is 0 Å². The Bertz CT molecular complexity index is 1320. The molecule has 1 amide bonds. The van der Waals surface area contributed by atoms with E-state index in [4.69, 9.17) is 14.6 Å². The van der Waals surface area contributed by atoms with Crippen molar-refractivity contribution in [2.24, 2.45) is 0 Å². The van der Waals surface area contributed by atoms with E-state index in [-0.39, 0.29) is 22.6 Å². The molecule has 3 aromatic carbocycles. The number of hydrogen-bond donors (Lipinski definition) is 3. The number of aliphatic carboxylic acids is 1. The number of carbonyl (C=O) groups excluding carboxylic acids is 1. The summed E-state index contributed by atoms with van der Waals surface area (Å²) in [7, 11) is -3.99. The van der Waals surface area contributed by atoms with Gasteiger partial charge in [0.1, 0.15) is 13.2 Å². The lowest BCUT2D eigenvalue weighted by Gasteiger charge is -2.19. The molecule has 0 atom stereocenters. The quantitative estimate of drug-likeness (QED) is 0.448. The molecule has 176 valence electrons. The summed E-state index contributed by atoms with van der Waals surface area (Å²) in [6, 6.07) is 17.2. The molecule has 0 unspecified atom stereocenters. The number of carboxylic acid groups (broad SMARTS) is 1. The first kappa shape index (κ1) is 23.1. The van der Waals surface area contributed by atoms with Crippen molar-refractivity contribution in [1.29, 1.82) is 0 Å². The van der Waals surface area contributed by atoms with Gasteiger partial charge >= 0.3 is 5.97 Å². The minimum atomic E-state index is -3.99. The van der Waals surface area contributed by atoms with Gasteiger partial charge in [-0.05, 0) is 48.4 Å². The molecule has 0 aliphatic carbocycles. The van der Waals surface area contributed by atoms with Gasteiger partial charge in [-0.2, -0.15) is 0 Å². The molecule has 0 saturated carbocycles. The van der Waals surface area contributed by atoms with Crippen LogP contribution >= 0.6 is 0 Å². The number of sulfonamides is 1. The number of fused-ring (bicyclic) bond motifs is 1. The van der Waals surface area contributed by atoms with Crippen LogP contribution in [0.1, 0.15) is 22.3 Å². The average molecular weight is 483 g/mol. The minimum absolute atomic E-state index is 0.00591. The van der Waals surface area contributed by atoms with Crippen LogP contribution in [0.5, 0.6) is 11.5 Å². The van der Waals surface area contributed by atoms with Gasteiger partial charge in [0, 0.05) is 18.2 Å². The summed E-state index contributed by atoms with van der Waals surface area (Å²) in [6.07, 6.45) is 0.252. The van der Waals surface area contributed by atoms with Gasteiger partial charge in [-0.1, -0.05) is 24.3 Å². The highest BCUT2D eigenvalue weighted by molar-refractivity contribution is 7.92. The smallest absolute Gasteiger partial charge is 0.303 e. The fourth-order valence-electron chi connectivity index (χ4n) is 3.38. The van der Waals surface area contributed by atoms with Gasteiger partial charge in [-0.15, -0.1) is 0 Å². The van der Waals surface area contributed by atoms with E-state index < -0.39 is 21.9 Å². The largest absolute Gasteiger partial charge is 0.486 e. The molecule has 1 aliphatic heterocycles. The molecule has 1 aliphatic rings. The maximum absolute atomic E-state index is 12.9. The molecule has 10 heteroatoms. The van der Waals surface area contributed by atoms with Gasteiger partial charge in [0.15, 0.2) is 11.5 Å². The monoisotopic (exact) mass is 482 g/mol. The van der Waals surface area contributed by atoms with E-state index >= 15 is 0 Å². The number of amides is 1. The third-order valence-electron chi connectivity index (χ3n) is 5.08. The van der Waals surface area contributed by atoms with E-state index in [0.29, 0.717) is 42.4 Å². The Hall–Kier alpha value is -4.05. The number of para-hydroxylation sites is 1. The molecular weight excluding hydrogens is 460 g/mol. The van der Waals surface area contributed by atoms with E-state index in [9.17, 15) is 18.0 Å². The number of ether oxygens (including phenoxy) is 2. The van der Waals surface area contributed by atoms with E-state index in [1.165, 1.54) is 24.3 Å². The molecule has 1 heterocycles. The molecule has 0 aromatic heterocycles. The van der Waals surface area contributed by atoms with Crippen LogP contribution in [0.25, 0.3) is 0 Å². The van der Waals surface area contributed by atoms with Gasteiger partial charge in [-0.25, -0.2) is 8.42 Å². The zero-order valence-corrected chi connectivity index (χ0v) is 18.8. The van der Waals surface area contributed by atoms with Crippen LogP contribution in [0.2, 0.25) is 0 Å². The lowest BCUT2D eigenvalue weighted by Crippen LogP contribution is -2.19. The fourth-order valence-corrected chi connectivity index (χ4v) is 4.46. The minimum Gasteiger partial charge on any atom is -0.486 e. The van der Waals surface area contributed by atoms with Gasteiger partial charge < -0.3 is 19.9 Å². The van der Waals surface area contributed by atoms with Crippen molar-refractivity contribution in [3.8, 4) is 11.5 Å². The maximum Gasteiger partial charge on any atom is 0.303 e. The van der Waals surface area contributed by atoms with E-state index in [2.05, 4.69) is 10.0 Å². The first-order valence-corrected chi connectivity index (χ1v) is 11.9. The van der Waals surface area contributed by atoms with E-state index in [0.717, 1.165) is 0 Å². The molecular formula is C24H22N2O7S. The number of carboxylic acids is 1. The van der Waals surface area contributed by atoms with Crippen LogP contribution in [0.3, 0.4) is 0 Å². The molecule has 0 spiro atoms. The van der Waals surface area contributed by atoms with Crippen LogP contribution in [0.15, 0.2) is 71.6 Å². The average Bonchev–Trinajstić information content (AvgIpc) is 2.83. The van der Waals surface area contributed by atoms with E-state index in [1.807, 2.05) is 0 Å². The first-order valence-electron chi connectivity index (χ1n) is 10.5. The Morgan fingerprint density at radius 2 is 1.62 bits per heavy atom. The van der Waals surface area contributed by atoms with Gasteiger partial charge in [0.25, 0.3) is 15.9 Å². The molecule has 0 fully saturated rings. The van der Waals surface area contributed by atoms with Crippen molar-refractivity contribution >= 4 is 33.3 Å².